The minimum absolute atomic E-state index is 0.324. The monoisotopic (exact) mass is 440 g/mol. The molecule has 0 saturated heterocycles. The van der Waals surface area contributed by atoms with Crippen LogP contribution in [0.3, 0.4) is 0 Å². The Morgan fingerprint density at radius 2 is 0.875 bits per heavy atom. The first-order valence-electron chi connectivity index (χ1n) is 9.75. The van der Waals surface area contributed by atoms with Crippen molar-refractivity contribution in [1.29, 1.82) is 0 Å². The Hall–Kier alpha value is -3.68. The summed E-state index contributed by atoms with van der Waals surface area (Å²) >= 11 is 0. The topological polar surface area (TPSA) is 51.6 Å². The summed E-state index contributed by atoms with van der Waals surface area (Å²) in [6.45, 7) is 3.26. The Balaban J connectivity index is 0.000000181. The second-order valence-corrected chi connectivity index (χ2v) is 7.03. The largest absolute Gasteiger partial charge is 0.228 e. The summed E-state index contributed by atoms with van der Waals surface area (Å²) in [6.07, 6.45) is 6.19. The summed E-state index contributed by atoms with van der Waals surface area (Å²) < 4.78 is 52.9. The zero-order valence-electron chi connectivity index (χ0n) is 17.5. The molecule has 4 nitrogen and oxygen atoms in total. The van der Waals surface area contributed by atoms with Crippen LogP contribution in [0.1, 0.15) is 33.4 Å². The van der Waals surface area contributed by atoms with Crippen LogP contribution in [0.5, 0.6) is 0 Å². The van der Waals surface area contributed by atoms with Crippen molar-refractivity contribution >= 4 is 0 Å². The van der Waals surface area contributed by atoms with Gasteiger partial charge >= 0.3 is 0 Å². The van der Waals surface area contributed by atoms with Gasteiger partial charge in [-0.3, -0.25) is 0 Å². The predicted molar refractivity (Wildman–Crippen MR) is 112 cm³/mol. The fourth-order valence-corrected chi connectivity index (χ4v) is 2.99. The molecular weight excluding hydrogens is 420 g/mol. The van der Waals surface area contributed by atoms with E-state index in [1.807, 2.05) is 0 Å². The maximum atomic E-state index is 13.3. The lowest BCUT2D eigenvalue weighted by Gasteiger charge is -2.06. The Morgan fingerprint density at radius 1 is 0.500 bits per heavy atom. The highest BCUT2D eigenvalue weighted by atomic mass is 19.1. The van der Waals surface area contributed by atoms with Crippen LogP contribution in [0.15, 0.2) is 61.2 Å². The molecule has 0 fully saturated rings. The first-order chi connectivity index (χ1) is 15.4. The molecule has 0 atom stereocenters. The molecule has 0 spiro atoms. The van der Waals surface area contributed by atoms with Gasteiger partial charge in [0, 0.05) is 59.9 Å². The van der Waals surface area contributed by atoms with Gasteiger partial charge < -0.3 is 0 Å². The number of hydrogen-bond donors (Lipinski definition) is 0. The minimum Gasteiger partial charge on any atom is -0.228 e. The van der Waals surface area contributed by atoms with Crippen molar-refractivity contribution in [2.24, 2.45) is 0 Å². The number of nitrogens with zero attached hydrogens (tertiary/aromatic N) is 4. The summed E-state index contributed by atoms with van der Waals surface area (Å²) in [5, 5.41) is 0. The van der Waals surface area contributed by atoms with Gasteiger partial charge in [0.05, 0.1) is 0 Å². The summed E-state index contributed by atoms with van der Waals surface area (Å²) in [7, 11) is 0. The third-order valence-electron chi connectivity index (χ3n) is 4.94. The van der Waals surface area contributed by atoms with Gasteiger partial charge in [-0.15, -0.1) is 0 Å². The van der Waals surface area contributed by atoms with Gasteiger partial charge in [0.15, 0.2) is 0 Å². The van der Waals surface area contributed by atoms with E-state index in [9.17, 15) is 17.6 Å². The van der Waals surface area contributed by atoms with Crippen LogP contribution in [0.2, 0.25) is 0 Å². The fourth-order valence-electron chi connectivity index (χ4n) is 2.99. The van der Waals surface area contributed by atoms with Crippen LogP contribution in [0.25, 0.3) is 0 Å². The molecule has 0 bridgehead atoms. The molecule has 0 saturated carbocycles. The lowest BCUT2D eigenvalue weighted by Crippen LogP contribution is -1.99. The van der Waals surface area contributed by atoms with E-state index in [-0.39, 0.29) is 0 Å². The van der Waals surface area contributed by atoms with E-state index >= 15 is 0 Å². The van der Waals surface area contributed by atoms with Crippen LogP contribution in [0.4, 0.5) is 17.6 Å². The van der Waals surface area contributed by atoms with Gasteiger partial charge in [-0.05, 0) is 49.2 Å². The molecule has 8 heteroatoms. The van der Waals surface area contributed by atoms with Gasteiger partial charge in [0.2, 0.25) is 23.8 Å². The van der Waals surface area contributed by atoms with E-state index in [0.717, 1.165) is 11.1 Å². The molecule has 0 aliphatic rings. The van der Waals surface area contributed by atoms with E-state index in [1.54, 1.807) is 50.2 Å². The SMILES string of the molecule is Cc1c(Cc2cccnc2F)ccnc1F.Cc1c(Cc2cccnc2F)ccnc1F. The van der Waals surface area contributed by atoms with Gasteiger partial charge in [0.1, 0.15) is 0 Å². The smallest absolute Gasteiger partial charge is 0.216 e. The number of rotatable bonds is 4. The van der Waals surface area contributed by atoms with Crippen LogP contribution < -0.4 is 0 Å². The van der Waals surface area contributed by atoms with E-state index in [1.165, 1.54) is 24.8 Å². The zero-order chi connectivity index (χ0) is 23.1. The predicted octanol–water partition coefficient (Wildman–Crippen LogP) is 5.31. The van der Waals surface area contributed by atoms with E-state index in [0.29, 0.717) is 35.1 Å². The molecule has 4 rings (SSSR count). The Bertz CT molecular complexity index is 1120. The van der Waals surface area contributed by atoms with Crippen molar-refractivity contribution in [3.05, 3.63) is 118 Å². The average molecular weight is 440 g/mol. The third kappa shape index (κ3) is 5.72. The summed E-state index contributed by atoms with van der Waals surface area (Å²) in [4.78, 5) is 14.2. The van der Waals surface area contributed by atoms with Crippen molar-refractivity contribution in [1.82, 2.24) is 19.9 Å². The van der Waals surface area contributed by atoms with Crippen LogP contribution in [-0.4, -0.2) is 19.9 Å². The van der Waals surface area contributed by atoms with Crippen molar-refractivity contribution in [3.8, 4) is 0 Å². The van der Waals surface area contributed by atoms with Crippen molar-refractivity contribution in [2.75, 3.05) is 0 Å². The van der Waals surface area contributed by atoms with Gasteiger partial charge in [-0.2, -0.15) is 17.6 Å². The molecule has 164 valence electrons. The lowest BCUT2D eigenvalue weighted by molar-refractivity contribution is 0.563. The van der Waals surface area contributed by atoms with Crippen LogP contribution in [-0.2, 0) is 12.8 Å². The second kappa shape index (κ2) is 10.6. The van der Waals surface area contributed by atoms with E-state index in [2.05, 4.69) is 19.9 Å². The molecular formula is C24H20F4N4. The van der Waals surface area contributed by atoms with Crippen molar-refractivity contribution < 1.29 is 17.6 Å². The summed E-state index contributed by atoms with van der Waals surface area (Å²) in [5.74, 6) is -2.05. The summed E-state index contributed by atoms with van der Waals surface area (Å²) in [5.41, 5.74) is 3.25. The van der Waals surface area contributed by atoms with Gasteiger partial charge in [-0.1, -0.05) is 12.1 Å². The molecule has 32 heavy (non-hydrogen) atoms. The van der Waals surface area contributed by atoms with Crippen molar-refractivity contribution in [3.63, 3.8) is 0 Å². The molecule has 0 aliphatic heterocycles. The number of hydrogen-bond acceptors (Lipinski definition) is 4. The maximum absolute atomic E-state index is 13.3. The molecule has 4 aromatic heterocycles. The average Bonchev–Trinajstić information content (AvgIpc) is 2.78. The Morgan fingerprint density at radius 3 is 1.25 bits per heavy atom. The molecule has 0 N–H and O–H groups in total. The first-order valence-corrected chi connectivity index (χ1v) is 9.75. The molecule has 0 unspecified atom stereocenters. The molecule has 0 radical (unpaired) electrons. The van der Waals surface area contributed by atoms with Crippen LogP contribution >= 0.6 is 0 Å². The first kappa shape index (κ1) is 23.0. The molecule has 0 amide bonds. The van der Waals surface area contributed by atoms with Gasteiger partial charge in [-0.25, -0.2) is 19.9 Å². The number of halogens is 4. The van der Waals surface area contributed by atoms with E-state index in [4.69, 9.17) is 0 Å². The zero-order valence-corrected chi connectivity index (χ0v) is 17.5. The third-order valence-corrected chi connectivity index (χ3v) is 4.94. The van der Waals surface area contributed by atoms with Crippen LogP contribution in [0, 0.1) is 37.6 Å². The normalized spacial score (nSPS) is 10.4. The fraction of sp³-hybridized carbons (Fsp3) is 0.167. The molecule has 4 aromatic rings. The highest BCUT2D eigenvalue weighted by Crippen LogP contribution is 2.17. The van der Waals surface area contributed by atoms with E-state index < -0.39 is 23.8 Å². The highest BCUT2D eigenvalue weighted by Gasteiger charge is 2.09. The Labute approximate surface area is 183 Å². The maximum Gasteiger partial charge on any atom is 0.216 e. The number of aromatic nitrogens is 4. The quantitative estimate of drug-likeness (QED) is 0.319. The molecule has 0 aliphatic carbocycles. The van der Waals surface area contributed by atoms with Gasteiger partial charge in [0.25, 0.3) is 0 Å². The molecule has 0 aromatic carbocycles. The van der Waals surface area contributed by atoms with Crippen molar-refractivity contribution in [2.45, 2.75) is 26.7 Å². The highest BCUT2D eigenvalue weighted by molar-refractivity contribution is 5.30. The lowest BCUT2D eigenvalue weighted by atomic mass is 10.0. The standard InChI is InChI=1S/2C12H10F2N2/c2*1-8-9(4-6-16-11(8)13)7-10-3-2-5-15-12(10)14/h2*2-6H,7H2,1H3. The second-order valence-electron chi connectivity index (χ2n) is 7.03. The Kier molecular flexibility index (Phi) is 7.59. The number of pyridine rings is 4. The summed E-state index contributed by atoms with van der Waals surface area (Å²) in [6, 6.07) is 9.96. The minimum atomic E-state index is -0.515. The molecule has 4 heterocycles.